The highest BCUT2D eigenvalue weighted by molar-refractivity contribution is 7.96. The first-order chi connectivity index (χ1) is 16.3. The van der Waals surface area contributed by atoms with Crippen molar-refractivity contribution in [3.63, 3.8) is 0 Å². The van der Waals surface area contributed by atoms with E-state index in [4.69, 9.17) is 4.74 Å². The average molecular weight is 506 g/mol. The molecule has 0 aromatic heterocycles. The standard InChI is InChI=1S/C27H27F4NO2S/c1-8-18-17(27(4,5)6)13-19(33)32(18)16-11-9-15(10-12-16)26(35-7)34-25-23(30)21(28)20(14(2)3)22(29)24(25)31/h9-12H,2,7-8,13H2,1,3-6H3. The topological polar surface area (TPSA) is 29.5 Å². The summed E-state index contributed by atoms with van der Waals surface area (Å²) < 4.78 is 63.1. The lowest BCUT2D eigenvalue weighted by Crippen LogP contribution is -2.24. The zero-order chi connectivity index (χ0) is 26.2. The molecule has 0 atom stereocenters. The molecule has 3 nitrogen and oxygen atoms in total. The minimum atomic E-state index is -1.67. The van der Waals surface area contributed by atoms with Crippen molar-refractivity contribution in [2.24, 2.45) is 5.41 Å². The molecular formula is C27H27F4NO2S. The number of allylic oxidation sites excluding steroid dienone is 2. The monoisotopic (exact) mass is 505 g/mol. The van der Waals surface area contributed by atoms with Crippen LogP contribution < -0.4 is 9.64 Å². The van der Waals surface area contributed by atoms with Crippen molar-refractivity contribution in [3.05, 3.63) is 76.5 Å². The van der Waals surface area contributed by atoms with Crippen LogP contribution in [0.1, 0.15) is 58.6 Å². The van der Waals surface area contributed by atoms with Crippen molar-refractivity contribution < 1.29 is 27.1 Å². The van der Waals surface area contributed by atoms with E-state index in [1.54, 1.807) is 29.2 Å². The Balaban J connectivity index is 1.97. The molecule has 2 aromatic rings. The molecule has 0 saturated carbocycles. The van der Waals surface area contributed by atoms with Gasteiger partial charge in [0.2, 0.25) is 23.3 Å². The highest BCUT2D eigenvalue weighted by Crippen LogP contribution is 2.41. The minimum Gasteiger partial charge on any atom is -0.440 e. The summed E-state index contributed by atoms with van der Waals surface area (Å²) in [6.45, 7) is 12.8. The predicted molar refractivity (Wildman–Crippen MR) is 136 cm³/mol. The third-order valence-corrected chi connectivity index (χ3v) is 6.35. The molecule has 0 fully saturated rings. The summed E-state index contributed by atoms with van der Waals surface area (Å²) in [5.74, 6) is -4.14. The predicted octanol–water partition coefficient (Wildman–Crippen LogP) is 7.45. The number of rotatable bonds is 5. The molecular weight excluding hydrogens is 478 g/mol. The number of halogens is 4. The molecule has 0 unspecified atom stereocenters. The summed E-state index contributed by atoms with van der Waals surface area (Å²) in [5.41, 5.74) is 1.81. The second kappa shape index (κ2) is 9.85. The molecule has 0 radical (unpaired) electrons. The summed E-state index contributed by atoms with van der Waals surface area (Å²) in [6.07, 6.45) is 1.00. The van der Waals surface area contributed by atoms with E-state index in [-0.39, 0.29) is 21.9 Å². The van der Waals surface area contributed by atoms with Crippen LogP contribution in [-0.4, -0.2) is 16.8 Å². The Labute approximate surface area is 206 Å². The van der Waals surface area contributed by atoms with Gasteiger partial charge in [0.25, 0.3) is 0 Å². The van der Waals surface area contributed by atoms with Gasteiger partial charge in [0.1, 0.15) is 0 Å². The van der Waals surface area contributed by atoms with Gasteiger partial charge in [-0.15, -0.1) is 10.9 Å². The maximum Gasteiger partial charge on any atom is 0.235 e. The van der Waals surface area contributed by atoms with E-state index < -0.39 is 34.6 Å². The maximum atomic E-state index is 14.6. The van der Waals surface area contributed by atoms with Crippen molar-refractivity contribution in [1.29, 1.82) is 0 Å². The Morgan fingerprint density at radius 3 is 2.03 bits per heavy atom. The number of hydrogen-bond donors (Lipinski definition) is 0. The van der Waals surface area contributed by atoms with E-state index >= 15 is 0 Å². The van der Waals surface area contributed by atoms with Gasteiger partial charge in [-0.3, -0.25) is 9.69 Å². The second-order valence-electron chi connectivity index (χ2n) is 9.26. The zero-order valence-electron chi connectivity index (χ0n) is 20.3. The third-order valence-electron chi connectivity index (χ3n) is 5.77. The number of carbonyl (C=O) groups is 1. The molecule has 3 rings (SSSR count). The molecule has 0 spiro atoms. The van der Waals surface area contributed by atoms with Gasteiger partial charge in [0, 0.05) is 16.9 Å². The molecule has 186 valence electrons. The third kappa shape index (κ3) is 4.85. The number of hydrogen-bond acceptors (Lipinski definition) is 2. The van der Waals surface area contributed by atoms with Crippen molar-refractivity contribution in [2.75, 3.05) is 4.90 Å². The molecule has 1 heterocycles. The smallest absolute Gasteiger partial charge is 0.235 e. The Morgan fingerprint density at radius 1 is 1.06 bits per heavy atom. The van der Waals surface area contributed by atoms with Gasteiger partial charge in [-0.25, -0.2) is 8.78 Å². The second-order valence-corrected chi connectivity index (χ2v) is 9.92. The lowest BCUT2D eigenvalue weighted by molar-refractivity contribution is -0.117. The van der Waals surface area contributed by atoms with Crippen LogP contribution in [0.15, 0.2) is 42.1 Å². The number of benzene rings is 2. The quantitative estimate of drug-likeness (QED) is 0.240. The summed E-state index contributed by atoms with van der Waals surface area (Å²) in [7, 11) is 0.764. The van der Waals surface area contributed by atoms with Crippen LogP contribution in [-0.2, 0) is 4.79 Å². The summed E-state index contributed by atoms with van der Waals surface area (Å²) in [4.78, 5) is 14.5. The number of ether oxygens (including phenoxy) is 1. The van der Waals surface area contributed by atoms with E-state index in [2.05, 4.69) is 33.2 Å². The largest absolute Gasteiger partial charge is 0.440 e. The zero-order valence-corrected chi connectivity index (χ0v) is 21.1. The van der Waals surface area contributed by atoms with Crippen LogP contribution in [0.25, 0.3) is 5.57 Å². The molecule has 0 N–H and O–H groups in total. The molecule has 1 aliphatic heterocycles. The Morgan fingerprint density at radius 2 is 1.60 bits per heavy atom. The fourth-order valence-corrected chi connectivity index (χ4v) is 4.52. The molecule has 35 heavy (non-hydrogen) atoms. The van der Waals surface area contributed by atoms with E-state index in [1.165, 1.54) is 6.92 Å². The molecule has 2 aromatic carbocycles. The van der Waals surface area contributed by atoms with Gasteiger partial charge in [-0.1, -0.05) is 34.3 Å². The van der Waals surface area contributed by atoms with Crippen molar-refractivity contribution in [1.82, 2.24) is 0 Å². The number of nitrogens with zero attached hydrogens (tertiary/aromatic N) is 1. The molecule has 8 heteroatoms. The maximum absolute atomic E-state index is 14.6. The fraction of sp³-hybridized carbons (Fsp3) is 0.296. The molecule has 0 saturated heterocycles. The number of anilines is 1. The highest BCUT2D eigenvalue weighted by atomic mass is 32.1. The minimum absolute atomic E-state index is 0.0424. The van der Waals surface area contributed by atoms with Gasteiger partial charge in [-0.2, -0.15) is 8.78 Å². The lowest BCUT2D eigenvalue weighted by atomic mass is 9.84. The van der Waals surface area contributed by atoms with Crippen LogP contribution in [0.2, 0.25) is 0 Å². The van der Waals surface area contributed by atoms with Crippen molar-refractivity contribution in [3.8, 4) is 5.75 Å². The van der Waals surface area contributed by atoms with Gasteiger partial charge >= 0.3 is 0 Å². The van der Waals surface area contributed by atoms with Crippen LogP contribution in [0.5, 0.6) is 5.75 Å². The van der Waals surface area contributed by atoms with Gasteiger partial charge in [-0.05, 0) is 60.0 Å². The van der Waals surface area contributed by atoms with E-state index in [1.807, 2.05) is 6.92 Å². The first kappa shape index (κ1) is 26.5. The van der Waals surface area contributed by atoms with Crippen LogP contribution in [0.4, 0.5) is 23.2 Å². The van der Waals surface area contributed by atoms with Crippen LogP contribution in [0, 0.1) is 28.7 Å². The first-order valence-electron chi connectivity index (χ1n) is 11.0. The molecule has 0 bridgehead atoms. The van der Waals surface area contributed by atoms with Gasteiger partial charge in [0.15, 0.2) is 16.7 Å². The van der Waals surface area contributed by atoms with Crippen LogP contribution >= 0.6 is 10.9 Å². The van der Waals surface area contributed by atoms with Gasteiger partial charge in [0.05, 0.1) is 12.0 Å². The Hall–Kier alpha value is -3.13. The highest BCUT2D eigenvalue weighted by Gasteiger charge is 2.35. The average Bonchev–Trinajstić information content (AvgIpc) is 3.15. The SMILES string of the molecule is C=S=C(Oc1c(F)c(F)c(C(=C)C)c(F)c1F)c1ccc(N2C(=O)CC(C(C)(C)C)=C2CC)cc1. The van der Waals surface area contributed by atoms with Crippen molar-refractivity contribution in [2.45, 2.75) is 47.5 Å². The normalized spacial score (nSPS) is 14.0. The molecule has 1 amide bonds. The summed E-state index contributed by atoms with van der Waals surface area (Å²) >= 11 is 0. The number of amides is 1. The first-order valence-corrected chi connectivity index (χ1v) is 12.0. The van der Waals surface area contributed by atoms with E-state index in [0.29, 0.717) is 24.1 Å². The van der Waals surface area contributed by atoms with Crippen LogP contribution in [0.3, 0.4) is 0 Å². The lowest BCUT2D eigenvalue weighted by Gasteiger charge is -2.24. The van der Waals surface area contributed by atoms with Crippen molar-refractivity contribution >= 4 is 39.0 Å². The fourth-order valence-electron chi connectivity index (χ4n) is 4.07. The van der Waals surface area contributed by atoms with Gasteiger partial charge < -0.3 is 4.74 Å². The summed E-state index contributed by atoms with van der Waals surface area (Å²) in [6, 6.07) is 6.52. The Kier molecular flexibility index (Phi) is 7.45. The number of carbonyl (C=O) groups excluding carboxylic acids is 1. The molecule has 0 aliphatic carbocycles. The Bertz CT molecular complexity index is 1270. The molecule has 1 aliphatic rings. The van der Waals surface area contributed by atoms with E-state index in [9.17, 15) is 22.4 Å². The van der Waals surface area contributed by atoms with E-state index in [0.717, 1.165) is 22.2 Å². The summed E-state index contributed by atoms with van der Waals surface area (Å²) in [5, 5.41) is -0.0781.